The van der Waals surface area contributed by atoms with Gasteiger partial charge in [0.05, 0.1) is 0 Å². The third kappa shape index (κ3) is 3.59. The molecule has 0 aliphatic carbocycles. The van der Waals surface area contributed by atoms with Crippen molar-refractivity contribution in [1.29, 1.82) is 0 Å². The maximum absolute atomic E-state index is 5.97. The van der Waals surface area contributed by atoms with Crippen LogP contribution in [0.4, 0.5) is 0 Å². The lowest BCUT2D eigenvalue weighted by Crippen LogP contribution is -2.14. The second kappa shape index (κ2) is 5.93. The lowest BCUT2D eigenvalue weighted by Gasteiger charge is -2.05. The monoisotopic (exact) mass is 227 g/mol. The van der Waals surface area contributed by atoms with E-state index in [1.807, 2.05) is 6.07 Å². The Morgan fingerprint density at radius 2 is 2.14 bits per heavy atom. The fourth-order valence-corrected chi connectivity index (χ4v) is 1.44. The Morgan fingerprint density at radius 1 is 1.36 bits per heavy atom. The molecule has 0 saturated carbocycles. The molecule has 0 atom stereocenters. The minimum absolute atomic E-state index is 0.696. The van der Waals surface area contributed by atoms with Crippen molar-refractivity contribution < 1.29 is 0 Å². The van der Waals surface area contributed by atoms with E-state index >= 15 is 0 Å². The van der Waals surface area contributed by atoms with Gasteiger partial charge in [0.25, 0.3) is 0 Å². The van der Waals surface area contributed by atoms with Crippen LogP contribution in [0.5, 0.6) is 0 Å². The predicted octanol–water partition coefficient (Wildman–Crippen LogP) is 3.11. The molecule has 1 aromatic rings. The molecule has 0 bridgehead atoms. The van der Waals surface area contributed by atoms with E-state index in [1.54, 1.807) is 12.1 Å². The first-order chi connectivity index (χ1) is 6.74. The average molecular weight is 228 g/mol. The van der Waals surface area contributed by atoms with E-state index in [4.69, 9.17) is 29.6 Å². The highest BCUT2D eigenvalue weighted by atomic mass is 35.5. The lowest BCUT2D eigenvalue weighted by molar-refractivity contribution is 0.701. The molecular formula is C11H11Cl2N. The maximum atomic E-state index is 5.97. The molecule has 0 amide bonds. The van der Waals surface area contributed by atoms with Crippen molar-refractivity contribution in [2.24, 2.45) is 0 Å². The summed E-state index contributed by atoms with van der Waals surface area (Å²) in [6.07, 6.45) is 5.85. The molecule has 3 heteroatoms. The van der Waals surface area contributed by atoms with Crippen LogP contribution in [0.15, 0.2) is 18.2 Å². The van der Waals surface area contributed by atoms with Crippen LogP contribution in [-0.4, -0.2) is 6.54 Å². The highest BCUT2D eigenvalue weighted by Crippen LogP contribution is 2.20. The third-order valence-electron chi connectivity index (χ3n) is 1.77. The summed E-state index contributed by atoms with van der Waals surface area (Å²) in [7, 11) is 0. The fraction of sp³-hybridized carbons (Fsp3) is 0.273. The van der Waals surface area contributed by atoms with Gasteiger partial charge in [0.15, 0.2) is 0 Å². The number of terminal acetylenes is 1. The van der Waals surface area contributed by atoms with Gasteiger partial charge >= 0.3 is 0 Å². The number of rotatable bonds is 4. The minimum atomic E-state index is 0.696. The van der Waals surface area contributed by atoms with Gasteiger partial charge < -0.3 is 5.32 Å². The molecular weight excluding hydrogens is 217 g/mol. The van der Waals surface area contributed by atoms with Crippen molar-refractivity contribution in [2.45, 2.75) is 13.0 Å². The van der Waals surface area contributed by atoms with Crippen LogP contribution in [0.3, 0.4) is 0 Å². The lowest BCUT2D eigenvalue weighted by atomic mass is 10.2. The van der Waals surface area contributed by atoms with Crippen molar-refractivity contribution in [3.8, 4) is 12.3 Å². The molecule has 14 heavy (non-hydrogen) atoms. The highest BCUT2D eigenvalue weighted by molar-refractivity contribution is 6.33. The van der Waals surface area contributed by atoms with Crippen LogP contribution in [0.25, 0.3) is 0 Å². The summed E-state index contributed by atoms with van der Waals surface area (Å²) >= 11 is 11.8. The zero-order valence-corrected chi connectivity index (χ0v) is 9.20. The largest absolute Gasteiger partial charge is 0.312 e. The van der Waals surface area contributed by atoms with Gasteiger partial charge in [-0.25, -0.2) is 0 Å². The molecule has 0 heterocycles. The zero-order valence-electron chi connectivity index (χ0n) is 7.69. The Balaban J connectivity index is 2.50. The molecule has 1 nitrogen and oxygen atoms in total. The zero-order chi connectivity index (χ0) is 10.4. The van der Waals surface area contributed by atoms with Crippen LogP contribution in [-0.2, 0) is 6.54 Å². The molecule has 0 aliphatic heterocycles. The van der Waals surface area contributed by atoms with Crippen molar-refractivity contribution in [1.82, 2.24) is 5.32 Å². The Hall–Kier alpha value is -0.680. The van der Waals surface area contributed by atoms with E-state index in [0.29, 0.717) is 11.6 Å². The Labute approximate surface area is 94.4 Å². The van der Waals surface area contributed by atoms with Crippen molar-refractivity contribution in [3.05, 3.63) is 33.8 Å². The van der Waals surface area contributed by atoms with Crippen LogP contribution < -0.4 is 5.32 Å². The number of nitrogens with one attached hydrogen (secondary N) is 1. The summed E-state index contributed by atoms with van der Waals surface area (Å²) in [5, 5.41) is 4.61. The number of benzene rings is 1. The molecule has 0 unspecified atom stereocenters. The molecule has 0 fully saturated rings. The Morgan fingerprint density at radius 3 is 2.86 bits per heavy atom. The van der Waals surface area contributed by atoms with Gasteiger partial charge in [0.1, 0.15) is 0 Å². The summed E-state index contributed by atoms with van der Waals surface area (Å²) in [6.45, 7) is 1.49. The Bertz CT molecular complexity index is 342. The molecule has 0 radical (unpaired) electrons. The SMILES string of the molecule is C#CCCNCc1cc(Cl)ccc1Cl. The first kappa shape index (κ1) is 11.4. The summed E-state index contributed by atoms with van der Waals surface area (Å²) in [5.41, 5.74) is 0.996. The second-order valence-corrected chi connectivity index (χ2v) is 3.71. The van der Waals surface area contributed by atoms with E-state index in [2.05, 4.69) is 11.2 Å². The normalized spacial score (nSPS) is 9.79. The number of hydrogen-bond donors (Lipinski definition) is 1. The Kier molecular flexibility index (Phi) is 4.82. The van der Waals surface area contributed by atoms with E-state index in [0.717, 1.165) is 23.6 Å². The van der Waals surface area contributed by atoms with Crippen LogP contribution in [0.1, 0.15) is 12.0 Å². The standard InChI is InChI=1S/C11H11Cl2N/c1-2-3-6-14-8-9-7-10(12)4-5-11(9)13/h1,4-5,7,14H,3,6,8H2. The minimum Gasteiger partial charge on any atom is -0.312 e. The van der Waals surface area contributed by atoms with Crippen molar-refractivity contribution >= 4 is 23.2 Å². The summed E-state index contributed by atoms with van der Waals surface area (Å²) in [5.74, 6) is 2.56. The molecule has 0 aromatic heterocycles. The number of halogens is 2. The molecule has 1 aromatic carbocycles. The van der Waals surface area contributed by atoms with Gasteiger partial charge in [-0.05, 0) is 23.8 Å². The van der Waals surface area contributed by atoms with E-state index < -0.39 is 0 Å². The second-order valence-electron chi connectivity index (χ2n) is 2.87. The molecule has 74 valence electrons. The number of hydrogen-bond acceptors (Lipinski definition) is 1. The van der Waals surface area contributed by atoms with Crippen LogP contribution in [0, 0.1) is 12.3 Å². The first-order valence-corrected chi connectivity index (χ1v) is 5.07. The molecule has 1 N–H and O–H groups in total. The summed E-state index contributed by atoms with van der Waals surface area (Å²) in [4.78, 5) is 0. The molecule has 0 spiro atoms. The average Bonchev–Trinajstić information content (AvgIpc) is 2.18. The maximum Gasteiger partial charge on any atom is 0.0451 e. The first-order valence-electron chi connectivity index (χ1n) is 4.32. The molecule has 0 saturated heterocycles. The van der Waals surface area contributed by atoms with E-state index in [-0.39, 0.29) is 0 Å². The fourth-order valence-electron chi connectivity index (χ4n) is 1.06. The van der Waals surface area contributed by atoms with E-state index in [1.165, 1.54) is 0 Å². The van der Waals surface area contributed by atoms with Gasteiger partial charge in [0.2, 0.25) is 0 Å². The van der Waals surface area contributed by atoms with Crippen molar-refractivity contribution in [3.63, 3.8) is 0 Å². The van der Waals surface area contributed by atoms with Gasteiger partial charge in [0, 0.05) is 29.6 Å². The van der Waals surface area contributed by atoms with Gasteiger partial charge in [-0.3, -0.25) is 0 Å². The van der Waals surface area contributed by atoms with Gasteiger partial charge in [-0.1, -0.05) is 23.2 Å². The van der Waals surface area contributed by atoms with Gasteiger partial charge in [-0.15, -0.1) is 12.3 Å². The predicted molar refractivity (Wildman–Crippen MR) is 61.6 cm³/mol. The smallest absolute Gasteiger partial charge is 0.0451 e. The third-order valence-corrected chi connectivity index (χ3v) is 2.37. The van der Waals surface area contributed by atoms with Gasteiger partial charge in [-0.2, -0.15) is 0 Å². The molecule has 1 rings (SSSR count). The summed E-state index contributed by atoms with van der Waals surface area (Å²) < 4.78 is 0. The highest BCUT2D eigenvalue weighted by Gasteiger charge is 1.99. The topological polar surface area (TPSA) is 12.0 Å². The van der Waals surface area contributed by atoms with Crippen molar-refractivity contribution in [2.75, 3.05) is 6.54 Å². The van der Waals surface area contributed by atoms with Crippen LogP contribution in [0.2, 0.25) is 10.0 Å². The van der Waals surface area contributed by atoms with Crippen LogP contribution >= 0.6 is 23.2 Å². The van der Waals surface area contributed by atoms with E-state index in [9.17, 15) is 0 Å². The molecule has 0 aliphatic rings. The quantitative estimate of drug-likeness (QED) is 0.616. The summed E-state index contributed by atoms with van der Waals surface area (Å²) in [6, 6.07) is 5.42.